The molecule has 3 aromatic rings. The summed E-state index contributed by atoms with van der Waals surface area (Å²) in [6.45, 7) is 0.588. The van der Waals surface area contributed by atoms with Gasteiger partial charge in [0.1, 0.15) is 0 Å². The van der Waals surface area contributed by atoms with Crippen LogP contribution in [-0.4, -0.2) is 60.9 Å². The first-order valence-corrected chi connectivity index (χ1v) is 16.2. The van der Waals surface area contributed by atoms with Gasteiger partial charge in [0.25, 0.3) is 10.0 Å². The van der Waals surface area contributed by atoms with E-state index in [4.69, 9.17) is 21.1 Å². The first-order valence-electron chi connectivity index (χ1n) is 13.0. The van der Waals surface area contributed by atoms with Crippen molar-refractivity contribution in [3.05, 3.63) is 71.2 Å². The van der Waals surface area contributed by atoms with Crippen LogP contribution >= 0.6 is 11.6 Å². The Morgan fingerprint density at radius 2 is 1.59 bits per heavy atom. The number of fused-ring (bicyclic) bond motifs is 1. The minimum absolute atomic E-state index is 0.0184. The van der Waals surface area contributed by atoms with E-state index in [-0.39, 0.29) is 35.3 Å². The van der Waals surface area contributed by atoms with Gasteiger partial charge in [0.05, 0.1) is 35.6 Å². The average molecular weight is 620 g/mol. The molecule has 218 valence electrons. The molecule has 0 saturated carbocycles. The highest BCUT2D eigenvalue weighted by molar-refractivity contribution is 7.92. The van der Waals surface area contributed by atoms with Gasteiger partial charge in [0.15, 0.2) is 11.5 Å². The number of rotatable bonds is 8. The van der Waals surface area contributed by atoms with Gasteiger partial charge < -0.3 is 14.8 Å². The number of hydrogen-bond donors (Lipinski definition) is 1. The Hall–Kier alpha value is -3.32. The number of anilines is 2. The molecular weight excluding hydrogens is 590 g/mol. The number of ether oxygens (including phenoxy) is 2. The molecule has 0 aliphatic carbocycles. The summed E-state index contributed by atoms with van der Waals surface area (Å²) in [6.07, 6.45) is 1.58. The Balaban J connectivity index is 1.32. The maximum Gasteiger partial charge on any atom is 0.264 e. The van der Waals surface area contributed by atoms with Crippen molar-refractivity contribution in [1.82, 2.24) is 4.31 Å². The molecule has 13 heteroatoms. The number of amides is 1. The molecule has 1 atom stereocenters. The van der Waals surface area contributed by atoms with Gasteiger partial charge in [-0.3, -0.25) is 9.10 Å². The number of halogens is 1. The van der Waals surface area contributed by atoms with E-state index in [9.17, 15) is 21.6 Å². The average Bonchev–Trinajstić information content (AvgIpc) is 3.41. The molecule has 0 aromatic heterocycles. The summed E-state index contributed by atoms with van der Waals surface area (Å²) < 4.78 is 66.6. The van der Waals surface area contributed by atoms with Gasteiger partial charge in [-0.15, -0.1) is 0 Å². The highest BCUT2D eigenvalue weighted by atomic mass is 35.5. The normalized spacial score (nSPS) is 17.6. The van der Waals surface area contributed by atoms with E-state index in [0.29, 0.717) is 47.2 Å². The van der Waals surface area contributed by atoms with Crippen molar-refractivity contribution in [3.8, 4) is 11.5 Å². The third kappa shape index (κ3) is 5.74. The van der Waals surface area contributed by atoms with Crippen molar-refractivity contribution in [1.29, 1.82) is 0 Å². The molecule has 10 nitrogen and oxygen atoms in total. The lowest BCUT2D eigenvalue weighted by molar-refractivity contribution is -0.120. The van der Waals surface area contributed by atoms with E-state index in [2.05, 4.69) is 5.32 Å². The number of benzene rings is 3. The summed E-state index contributed by atoms with van der Waals surface area (Å²) in [4.78, 5) is 13.5. The van der Waals surface area contributed by atoms with Crippen molar-refractivity contribution in [3.63, 3.8) is 0 Å². The van der Waals surface area contributed by atoms with Crippen LogP contribution in [0.15, 0.2) is 70.5 Å². The molecule has 1 fully saturated rings. The lowest BCUT2D eigenvalue weighted by Gasteiger charge is -2.31. The maximum absolute atomic E-state index is 13.4. The molecule has 0 bridgehead atoms. The largest absolute Gasteiger partial charge is 0.493 e. The summed E-state index contributed by atoms with van der Waals surface area (Å²) in [5.41, 5.74) is 1.79. The minimum Gasteiger partial charge on any atom is -0.493 e. The minimum atomic E-state index is -3.88. The van der Waals surface area contributed by atoms with E-state index in [1.54, 1.807) is 18.2 Å². The van der Waals surface area contributed by atoms with Crippen LogP contribution in [0.4, 0.5) is 11.4 Å². The molecule has 1 unspecified atom stereocenters. The third-order valence-electron chi connectivity index (χ3n) is 7.36. The van der Waals surface area contributed by atoms with Crippen LogP contribution in [0, 0.1) is 5.92 Å². The highest BCUT2D eigenvalue weighted by Gasteiger charge is 2.35. The zero-order valence-corrected chi connectivity index (χ0v) is 24.9. The molecule has 0 spiro atoms. The van der Waals surface area contributed by atoms with E-state index in [1.165, 1.54) is 65.3 Å². The number of piperidine rings is 1. The first-order chi connectivity index (χ1) is 19.5. The molecule has 0 radical (unpaired) electrons. The highest BCUT2D eigenvalue weighted by Crippen LogP contribution is 2.36. The van der Waals surface area contributed by atoms with Gasteiger partial charge in [-0.2, -0.15) is 4.31 Å². The number of hydrogen-bond acceptors (Lipinski definition) is 7. The maximum atomic E-state index is 13.4. The number of nitrogens with zero attached hydrogens (tertiary/aromatic N) is 2. The molecule has 3 aromatic carbocycles. The van der Waals surface area contributed by atoms with Gasteiger partial charge in [0, 0.05) is 36.4 Å². The lowest BCUT2D eigenvalue weighted by atomic mass is 9.98. The van der Waals surface area contributed by atoms with Crippen molar-refractivity contribution in [2.24, 2.45) is 5.92 Å². The van der Waals surface area contributed by atoms with Crippen molar-refractivity contribution < 1.29 is 31.1 Å². The van der Waals surface area contributed by atoms with Crippen LogP contribution in [0.5, 0.6) is 11.5 Å². The van der Waals surface area contributed by atoms with Crippen LogP contribution < -0.4 is 19.1 Å². The predicted molar refractivity (Wildman–Crippen MR) is 156 cm³/mol. The summed E-state index contributed by atoms with van der Waals surface area (Å²) in [6, 6.07) is 15.6. The van der Waals surface area contributed by atoms with Crippen molar-refractivity contribution in [2.45, 2.75) is 29.1 Å². The summed E-state index contributed by atoms with van der Waals surface area (Å²) in [5.74, 6) is -0.206. The van der Waals surface area contributed by atoms with Gasteiger partial charge in [-0.05, 0) is 73.4 Å². The first kappa shape index (κ1) is 29.2. The fourth-order valence-electron chi connectivity index (χ4n) is 5.16. The molecule has 2 aliphatic heterocycles. The Morgan fingerprint density at radius 3 is 2.29 bits per heavy atom. The van der Waals surface area contributed by atoms with Crippen LogP contribution in [-0.2, 0) is 31.3 Å². The molecule has 2 heterocycles. The molecule has 1 N–H and O–H groups in total. The zero-order chi connectivity index (χ0) is 29.4. The summed E-state index contributed by atoms with van der Waals surface area (Å²) in [5, 5.41) is 3.31. The number of carbonyl (C=O) groups excluding carboxylic acids is 1. The zero-order valence-electron chi connectivity index (χ0n) is 22.5. The fourth-order valence-corrected chi connectivity index (χ4v) is 8.32. The standard InChI is InChI=1S/C28H30ClN3O7S2/c1-38-26-12-11-24(17-27(26)39-2)40(34,35)31-14-3-4-20(18-31)28(33)30-22-8-5-19-13-15-32(25(19)16-22)41(36,37)23-9-6-21(29)7-10-23/h5-12,16-17,20H,3-4,13-15,18H2,1-2H3,(H,30,33). The Labute approximate surface area is 244 Å². The van der Waals surface area contributed by atoms with Crippen LogP contribution in [0.2, 0.25) is 5.02 Å². The van der Waals surface area contributed by atoms with Crippen LogP contribution in [0.25, 0.3) is 0 Å². The second kappa shape index (κ2) is 11.5. The van der Waals surface area contributed by atoms with E-state index < -0.39 is 26.0 Å². The number of nitrogens with one attached hydrogen (secondary N) is 1. The summed E-state index contributed by atoms with van der Waals surface area (Å²) in [7, 11) is -4.81. The van der Waals surface area contributed by atoms with E-state index in [0.717, 1.165) is 5.56 Å². The number of sulfonamides is 2. The van der Waals surface area contributed by atoms with E-state index in [1.807, 2.05) is 0 Å². The van der Waals surface area contributed by atoms with Gasteiger partial charge >= 0.3 is 0 Å². The molecule has 1 amide bonds. The fraction of sp³-hybridized carbons (Fsp3) is 0.321. The van der Waals surface area contributed by atoms with Crippen LogP contribution in [0.1, 0.15) is 18.4 Å². The second-order valence-corrected chi connectivity index (χ2v) is 14.1. The molecule has 41 heavy (non-hydrogen) atoms. The van der Waals surface area contributed by atoms with E-state index >= 15 is 0 Å². The Bertz CT molecular complexity index is 1680. The van der Waals surface area contributed by atoms with Gasteiger partial charge in [-0.1, -0.05) is 17.7 Å². The summed E-state index contributed by atoms with van der Waals surface area (Å²) >= 11 is 5.93. The van der Waals surface area contributed by atoms with Crippen LogP contribution in [0.3, 0.4) is 0 Å². The molecule has 2 aliphatic rings. The van der Waals surface area contributed by atoms with Gasteiger partial charge in [-0.25, -0.2) is 16.8 Å². The monoisotopic (exact) mass is 619 g/mol. The number of methoxy groups -OCH3 is 2. The van der Waals surface area contributed by atoms with Gasteiger partial charge in [0.2, 0.25) is 15.9 Å². The second-order valence-electron chi connectivity index (χ2n) is 9.83. The predicted octanol–water partition coefficient (Wildman–Crippen LogP) is 4.15. The Morgan fingerprint density at radius 1 is 0.878 bits per heavy atom. The number of carbonyl (C=O) groups is 1. The third-order valence-corrected chi connectivity index (χ3v) is 11.3. The van der Waals surface area contributed by atoms with Crippen molar-refractivity contribution >= 4 is 48.9 Å². The molecule has 5 rings (SSSR count). The molecule has 1 saturated heterocycles. The SMILES string of the molecule is COc1ccc(S(=O)(=O)N2CCCC(C(=O)Nc3ccc4c(c3)N(S(=O)(=O)c3ccc(Cl)cc3)CC4)C2)cc1OC. The lowest BCUT2D eigenvalue weighted by Crippen LogP contribution is -2.43. The smallest absolute Gasteiger partial charge is 0.264 e. The quantitative estimate of drug-likeness (QED) is 0.402. The van der Waals surface area contributed by atoms with Crippen molar-refractivity contribution in [2.75, 3.05) is 43.5 Å². The topological polar surface area (TPSA) is 122 Å². The Kier molecular flexibility index (Phi) is 8.20. The molecular formula is C28H30ClN3O7S2.